The van der Waals surface area contributed by atoms with Crippen molar-refractivity contribution in [3.05, 3.63) is 65.2 Å². The lowest BCUT2D eigenvalue weighted by Gasteiger charge is -2.57. The number of imide groups is 2. The first kappa shape index (κ1) is 26.9. The number of anilines is 1. The summed E-state index contributed by atoms with van der Waals surface area (Å²) in [5, 5.41) is 2.31. The summed E-state index contributed by atoms with van der Waals surface area (Å²) in [4.78, 5) is 54.0. The fourth-order valence-electron chi connectivity index (χ4n) is 8.20. The first-order chi connectivity index (χ1) is 20.4. The number of morpholine rings is 1. The first-order valence-corrected chi connectivity index (χ1v) is 15.0. The van der Waals surface area contributed by atoms with Gasteiger partial charge in [0, 0.05) is 13.1 Å². The predicted molar refractivity (Wildman–Crippen MR) is 155 cm³/mol. The molecule has 8 rings (SSSR count). The van der Waals surface area contributed by atoms with E-state index in [0.717, 1.165) is 22.7 Å². The van der Waals surface area contributed by atoms with E-state index >= 15 is 0 Å². The van der Waals surface area contributed by atoms with Crippen LogP contribution >= 0.6 is 0 Å². The van der Waals surface area contributed by atoms with E-state index in [9.17, 15) is 19.2 Å². The van der Waals surface area contributed by atoms with Crippen molar-refractivity contribution in [2.24, 2.45) is 17.8 Å². The van der Waals surface area contributed by atoms with Crippen molar-refractivity contribution in [3.8, 4) is 5.75 Å². The smallest absolute Gasteiger partial charge is 0.335 e. The monoisotopic (exact) mass is 569 g/mol. The molecule has 4 saturated carbocycles. The number of carbonyl (C=O) groups excluding carboxylic acids is 4. The van der Waals surface area contributed by atoms with Crippen LogP contribution < -0.4 is 15.0 Å². The van der Waals surface area contributed by atoms with E-state index in [4.69, 9.17) is 9.47 Å². The molecule has 5 amide bonds. The molecule has 2 heterocycles. The molecule has 9 nitrogen and oxygen atoms in total. The Morgan fingerprint density at radius 2 is 1.52 bits per heavy atom. The van der Waals surface area contributed by atoms with Crippen LogP contribution in [0.15, 0.2) is 54.1 Å². The molecule has 2 aromatic rings. The van der Waals surface area contributed by atoms with Gasteiger partial charge in [-0.25, -0.2) is 9.69 Å². The lowest BCUT2D eigenvalue weighted by atomic mass is 9.48. The zero-order valence-corrected chi connectivity index (χ0v) is 23.6. The Morgan fingerprint density at radius 1 is 0.905 bits per heavy atom. The topological polar surface area (TPSA) is 105 Å². The Morgan fingerprint density at radius 3 is 2.14 bits per heavy atom. The Labute approximate surface area is 244 Å². The number of benzene rings is 2. The number of amides is 5. The van der Waals surface area contributed by atoms with Crippen molar-refractivity contribution >= 4 is 35.5 Å². The van der Waals surface area contributed by atoms with Crippen molar-refractivity contribution in [2.75, 3.05) is 37.8 Å². The highest BCUT2D eigenvalue weighted by Gasteiger charge is 2.51. The Kier molecular flexibility index (Phi) is 6.85. The van der Waals surface area contributed by atoms with Crippen LogP contribution in [0, 0.1) is 17.8 Å². The fraction of sp³-hybridized carbons (Fsp3) is 0.455. The van der Waals surface area contributed by atoms with Crippen LogP contribution in [0.3, 0.4) is 0 Å². The molecule has 2 aromatic carbocycles. The van der Waals surface area contributed by atoms with Crippen LogP contribution in [-0.2, 0) is 24.5 Å². The third-order valence-corrected chi connectivity index (χ3v) is 9.79. The molecule has 1 N–H and O–H groups in total. The first-order valence-electron chi connectivity index (χ1n) is 15.0. The molecular weight excluding hydrogens is 534 g/mol. The van der Waals surface area contributed by atoms with Gasteiger partial charge in [-0.15, -0.1) is 0 Å². The lowest BCUT2D eigenvalue weighted by molar-refractivity contribution is -0.137. The van der Waals surface area contributed by atoms with Crippen LogP contribution in [0.2, 0.25) is 0 Å². The van der Waals surface area contributed by atoms with Gasteiger partial charge in [-0.2, -0.15) is 0 Å². The van der Waals surface area contributed by atoms with Gasteiger partial charge in [0.1, 0.15) is 11.3 Å². The van der Waals surface area contributed by atoms with E-state index in [1.807, 2.05) is 12.1 Å². The number of hydrogen-bond acceptors (Lipinski definition) is 6. The molecule has 0 unspecified atom stereocenters. The zero-order valence-electron chi connectivity index (χ0n) is 23.6. The zero-order chi connectivity index (χ0) is 28.8. The number of rotatable bonds is 6. The van der Waals surface area contributed by atoms with E-state index in [1.165, 1.54) is 50.2 Å². The average Bonchev–Trinajstić information content (AvgIpc) is 2.98. The summed E-state index contributed by atoms with van der Waals surface area (Å²) >= 11 is 0. The van der Waals surface area contributed by atoms with Gasteiger partial charge >= 0.3 is 6.03 Å². The molecule has 42 heavy (non-hydrogen) atoms. The number of carbonyl (C=O) groups is 4. The maximum Gasteiger partial charge on any atom is 0.335 e. The largest absolute Gasteiger partial charge is 0.484 e. The molecule has 6 aliphatic rings. The minimum Gasteiger partial charge on any atom is -0.484 e. The molecule has 2 saturated heterocycles. The summed E-state index contributed by atoms with van der Waals surface area (Å²) in [5.74, 6) is 1.45. The van der Waals surface area contributed by atoms with Gasteiger partial charge in [-0.1, -0.05) is 24.3 Å². The van der Waals surface area contributed by atoms with Gasteiger partial charge < -0.3 is 14.4 Å². The molecule has 218 valence electrons. The Balaban J connectivity index is 1.04. The quantitative estimate of drug-likeness (QED) is 0.416. The van der Waals surface area contributed by atoms with Gasteiger partial charge in [-0.3, -0.25) is 19.7 Å². The molecule has 6 fully saturated rings. The van der Waals surface area contributed by atoms with E-state index in [-0.39, 0.29) is 23.5 Å². The van der Waals surface area contributed by atoms with Gasteiger partial charge in [0.25, 0.3) is 17.7 Å². The number of urea groups is 1. The van der Waals surface area contributed by atoms with E-state index in [2.05, 4.69) is 17.4 Å². The average molecular weight is 570 g/mol. The highest BCUT2D eigenvalue weighted by molar-refractivity contribution is 6.39. The van der Waals surface area contributed by atoms with Crippen LogP contribution in [0.4, 0.5) is 10.5 Å². The lowest BCUT2D eigenvalue weighted by Crippen LogP contribution is -2.54. The molecule has 9 heteroatoms. The van der Waals surface area contributed by atoms with E-state index in [0.29, 0.717) is 43.3 Å². The maximum atomic E-state index is 13.5. The van der Waals surface area contributed by atoms with Crippen LogP contribution in [-0.4, -0.2) is 61.6 Å². The van der Waals surface area contributed by atoms with E-state index < -0.39 is 17.8 Å². The molecule has 4 bridgehead atoms. The van der Waals surface area contributed by atoms with Crippen LogP contribution in [0.5, 0.6) is 5.75 Å². The maximum absolute atomic E-state index is 13.5. The van der Waals surface area contributed by atoms with Crippen molar-refractivity contribution in [1.82, 2.24) is 10.2 Å². The highest BCUT2D eigenvalue weighted by Crippen LogP contribution is 2.60. The van der Waals surface area contributed by atoms with Crippen molar-refractivity contribution < 1.29 is 28.7 Å². The van der Waals surface area contributed by atoms with Crippen LogP contribution in [0.1, 0.15) is 49.7 Å². The molecular formula is C33H35N3O6. The minimum absolute atomic E-state index is 0.0833. The summed E-state index contributed by atoms with van der Waals surface area (Å²) in [6.45, 7) is 2.07. The van der Waals surface area contributed by atoms with Crippen LogP contribution in [0.25, 0.3) is 6.08 Å². The third kappa shape index (κ3) is 5.00. The number of hydrogen-bond donors (Lipinski definition) is 1. The van der Waals surface area contributed by atoms with Crippen molar-refractivity contribution in [1.29, 1.82) is 0 Å². The normalized spacial score (nSPS) is 29.7. The summed E-state index contributed by atoms with van der Waals surface area (Å²) < 4.78 is 10.9. The number of barbiturate groups is 1. The number of nitrogens with one attached hydrogen (secondary N) is 1. The Bertz CT molecular complexity index is 1410. The molecule has 0 radical (unpaired) electrons. The van der Waals surface area contributed by atoms with Gasteiger partial charge in [0.05, 0.1) is 18.9 Å². The van der Waals surface area contributed by atoms with Gasteiger partial charge in [0.15, 0.2) is 6.61 Å². The molecule has 0 atom stereocenters. The molecule has 2 aliphatic heterocycles. The highest BCUT2D eigenvalue weighted by atomic mass is 16.5. The van der Waals surface area contributed by atoms with E-state index in [1.54, 1.807) is 29.2 Å². The molecule has 4 aliphatic carbocycles. The minimum atomic E-state index is -0.751. The third-order valence-electron chi connectivity index (χ3n) is 9.79. The molecule has 0 aromatic heterocycles. The van der Waals surface area contributed by atoms with Crippen molar-refractivity contribution in [2.45, 2.75) is 43.9 Å². The van der Waals surface area contributed by atoms with Crippen molar-refractivity contribution in [3.63, 3.8) is 0 Å². The summed E-state index contributed by atoms with van der Waals surface area (Å²) in [6.07, 6.45) is 9.27. The second kappa shape index (κ2) is 10.7. The standard InChI is InChI=1S/C33H35N3O6/c37-29(35-9-11-41-12-10-35)20-42-27-7-1-21(2-8-27)16-28-30(38)34-32(40)36(31(28)39)26-5-3-25(4-6-26)33-17-22-13-23(18-33)15-24(14-22)19-33/h1-8,16,22-24H,9-15,17-20H2,(H,34,38,40)/b28-16+. The summed E-state index contributed by atoms with van der Waals surface area (Å²) in [7, 11) is 0. The molecule has 0 spiro atoms. The predicted octanol–water partition coefficient (Wildman–Crippen LogP) is 4.06. The van der Waals surface area contributed by atoms with Gasteiger partial charge in [0.2, 0.25) is 0 Å². The fourth-order valence-corrected chi connectivity index (χ4v) is 8.20. The summed E-state index contributed by atoms with van der Waals surface area (Å²) in [5.41, 5.74) is 2.42. The SMILES string of the molecule is O=C1NC(=O)N(c2ccc(C34CC5CC(CC(C5)C3)C4)cc2)C(=O)/C1=C/c1ccc(OCC(=O)N2CCOCC2)cc1. The summed E-state index contributed by atoms with van der Waals surface area (Å²) in [6, 6.07) is 13.8. The Hall–Kier alpha value is -3.98. The number of nitrogens with zero attached hydrogens (tertiary/aromatic N) is 2. The number of ether oxygens (including phenoxy) is 2. The second-order valence-corrected chi connectivity index (χ2v) is 12.6. The second-order valence-electron chi connectivity index (χ2n) is 12.6. The van der Waals surface area contributed by atoms with Gasteiger partial charge in [-0.05, 0) is 103 Å².